The molecule has 0 unspecified atom stereocenters. The molecule has 1 atom stereocenters. The number of sulfonamides is 1. The summed E-state index contributed by atoms with van der Waals surface area (Å²) in [6, 6.07) is 8.94. The van der Waals surface area contributed by atoms with Crippen LogP contribution in [0.3, 0.4) is 0 Å². The van der Waals surface area contributed by atoms with Crippen LogP contribution in [0.4, 0.5) is 5.69 Å². The SMILES string of the molecule is CCC(=O)N1CCc2cc(Br)cc(S(=O)(=O)N3CCC[C@@H](C(=O)NCc4ccc5c(c4)OCO5)C3)c21. The van der Waals surface area contributed by atoms with Gasteiger partial charge in [-0.1, -0.05) is 28.9 Å². The van der Waals surface area contributed by atoms with Crippen LogP contribution in [0.1, 0.15) is 37.3 Å². The van der Waals surface area contributed by atoms with Crippen LogP contribution in [-0.4, -0.2) is 51.0 Å². The number of carbonyl (C=O) groups excluding carboxylic acids is 2. The highest BCUT2D eigenvalue weighted by Gasteiger charge is 2.38. The molecular weight excluding hydrogens is 550 g/mol. The van der Waals surface area contributed by atoms with Crippen LogP contribution < -0.4 is 19.7 Å². The summed E-state index contributed by atoms with van der Waals surface area (Å²) in [7, 11) is -3.93. The van der Waals surface area contributed by atoms with Gasteiger partial charge in [-0.2, -0.15) is 4.31 Å². The first-order valence-corrected chi connectivity index (χ1v) is 14.3. The maximum Gasteiger partial charge on any atom is 0.245 e. The fraction of sp³-hybridized carbons (Fsp3) is 0.440. The summed E-state index contributed by atoms with van der Waals surface area (Å²) in [5, 5.41) is 2.93. The minimum absolute atomic E-state index is 0.0956. The van der Waals surface area contributed by atoms with E-state index in [9.17, 15) is 18.0 Å². The summed E-state index contributed by atoms with van der Waals surface area (Å²) in [5.41, 5.74) is 2.18. The number of amides is 2. The molecule has 0 aliphatic carbocycles. The lowest BCUT2D eigenvalue weighted by molar-refractivity contribution is -0.126. The zero-order chi connectivity index (χ0) is 25.4. The molecule has 3 heterocycles. The van der Waals surface area contributed by atoms with E-state index in [1.54, 1.807) is 17.9 Å². The molecule has 1 N–H and O–H groups in total. The van der Waals surface area contributed by atoms with Crippen LogP contribution in [0.5, 0.6) is 11.5 Å². The van der Waals surface area contributed by atoms with Crippen LogP contribution in [0.2, 0.25) is 0 Å². The molecule has 0 radical (unpaired) electrons. The van der Waals surface area contributed by atoms with E-state index in [1.807, 2.05) is 24.3 Å². The number of hydrogen-bond acceptors (Lipinski definition) is 6. The lowest BCUT2D eigenvalue weighted by Gasteiger charge is -2.32. The normalized spacial score (nSPS) is 19.3. The molecule has 11 heteroatoms. The van der Waals surface area contributed by atoms with Crippen molar-refractivity contribution in [2.45, 2.75) is 44.0 Å². The second-order valence-electron chi connectivity index (χ2n) is 9.17. The van der Waals surface area contributed by atoms with Gasteiger partial charge in [0, 0.05) is 37.1 Å². The third-order valence-electron chi connectivity index (χ3n) is 6.87. The lowest BCUT2D eigenvalue weighted by atomic mass is 9.98. The van der Waals surface area contributed by atoms with Gasteiger partial charge in [0.05, 0.1) is 11.6 Å². The molecular formula is C25H28BrN3O6S. The Morgan fingerprint density at radius 2 is 1.94 bits per heavy atom. The van der Waals surface area contributed by atoms with Crippen molar-refractivity contribution < 1.29 is 27.5 Å². The Balaban J connectivity index is 1.32. The van der Waals surface area contributed by atoms with E-state index in [0.717, 1.165) is 11.1 Å². The number of nitrogens with zero attached hydrogens (tertiary/aromatic N) is 2. The predicted octanol–water partition coefficient (Wildman–Crippen LogP) is 3.19. The zero-order valence-electron chi connectivity index (χ0n) is 20.0. The number of benzene rings is 2. The zero-order valence-corrected chi connectivity index (χ0v) is 22.4. The molecule has 2 amide bonds. The Hall–Kier alpha value is -2.63. The van der Waals surface area contributed by atoms with E-state index in [1.165, 1.54) is 4.31 Å². The quantitative estimate of drug-likeness (QED) is 0.565. The van der Waals surface area contributed by atoms with Crippen molar-refractivity contribution in [2.24, 2.45) is 5.92 Å². The number of nitrogens with one attached hydrogen (secondary N) is 1. The van der Waals surface area contributed by atoms with Crippen LogP contribution in [-0.2, 0) is 32.6 Å². The minimum atomic E-state index is -3.93. The summed E-state index contributed by atoms with van der Waals surface area (Å²) in [5.74, 6) is 0.572. The van der Waals surface area contributed by atoms with Crippen LogP contribution in [0.25, 0.3) is 0 Å². The second kappa shape index (κ2) is 10.0. The van der Waals surface area contributed by atoms with Crippen molar-refractivity contribution in [3.8, 4) is 11.5 Å². The molecule has 0 saturated carbocycles. The van der Waals surface area contributed by atoms with Gasteiger partial charge in [-0.05, 0) is 54.7 Å². The Morgan fingerprint density at radius 3 is 2.75 bits per heavy atom. The topological polar surface area (TPSA) is 105 Å². The summed E-state index contributed by atoms with van der Waals surface area (Å²) >= 11 is 3.44. The van der Waals surface area contributed by atoms with E-state index in [0.29, 0.717) is 67.0 Å². The van der Waals surface area contributed by atoms with Gasteiger partial charge in [0.15, 0.2) is 11.5 Å². The highest BCUT2D eigenvalue weighted by molar-refractivity contribution is 9.10. The first-order valence-electron chi connectivity index (χ1n) is 12.1. The fourth-order valence-electron chi connectivity index (χ4n) is 5.00. The van der Waals surface area contributed by atoms with E-state index >= 15 is 0 Å². The molecule has 2 aromatic carbocycles. The van der Waals surface area contributed by atoms with Crippen molar-refractivity contribution in [1.82, 2.24) is 9.62 Å². The van der Waals surface area contributed by atoms with Gasteiger partial charge in [0.2, 0.25) is 28.6 Å². The number of hydrogen-bond donors (Lipinski definition) is 1. The first kappa shape index (κ1) is 25.0. The van der Waals surface area contributed by atoms with Gasteiger partial charge >= 0.3 is 0 Å². The molecule has 9 nitrogen and oxygen atoms in total. The highest BCUT2D eigenvalue weighted by Crippen LogP contribution is 2.40. The highest BCUT2D eigenvalue weighted by atomic mass is 79.9. The number of halogens is 1. The number of piperidine rings is 1. The van der Waals surface area contributed by atoms with Gasteiger partial charge < -0.3 is 19.7 Å². The molecule has 0 spiro atoms. The number of carbonyl (C=O) groups is 2. The average Bonchev–Trinajstić information content (AvgIpc) is 3.53. The van der Waals surface area contributed by atoms with Crippen LogP contribution in [0.15, 0.2) is 39.7 Å². The Labute approximate surface area is 218 Å². The van der Waals surface area contributed by atoms with Crippen molar-refractivity contribution in [2.75, 3.05) is 31.3 Å². The van der Waals surface area contributed by atoms with E-state index in [2.05, 4.69) is 21.2 Å². The summed E-state index contributed by atoms with van der Waals surface area (Å²) < 4.78 is 40.4. The maximum absolute atomic E-state index is 13.8. The largest absolute Gasteiger partial charge is 0.454 e. The Bertz CT molecular complexity index is 1320. The van der Waals surface area contributed by atoms with Crippen molar-refractivity contribution in [3.63, 3.8) is 0 Å². The molecule has 3 aliphatic heterocycles. The number of fused-ring (bicyclic) bond motifs is 2. The minimum Gasteiger partial charge on any atom is -0.454 e. The molecule has 2 aromatic rings. The molecule has 1 fully saturated rings. The van der Waals surface area contributed by atoms with Crippen molar-refractivity contribution in [1.29, 1.82) is 0 Å². The Kier molecular flexibility index (Phi) is 6.97. The van der Waals surface area contributed by atoms with Crippen LogP contribution in [0, 0.1) is 5.92 Å². The van der Waals surface area contributed by atoms with Crippen molar-refractivity contribution in [3.05, 3.63) is 45.9 Å². The molecule has 5 rings (SSSR count). The Morgan fingerprint density at radius 1 is 1.14 bits per heavy atom. The van der Waals surface area contributed by atoms with E-state index in [-0.39, 0.29) is 30.0 Å². The third-order valence-corrected chi connectivity index (χ3v) is 9.21. The maximum atomic E-state index is 13.8. The average molecular weight is 578 g/mol. The summed E-state index contributed by atoms with van der Waals surface area (Å²) in [4.78, 5) is 27.2. The summed E-state index contributed by atoms with van der Waals surface area (Å²) in [6.07, 6.45) is 2.09. The molecule has 36 heavy (non-hydrogen) atoms. The molecule has 1 saturated heterocycles. The van der Waals surface area contributed by atoms with Gasteiger partial charge in [0.25, 0.3) is 0 Å². The number of anilines is 1. The third kappa shape index (κ3) is 4.71. The lowest BCUT2D eigenvalue weighted by Crippen LogP contribution is -2.45. The van der Waals surface area contributed by atoms with Gasteiger partial charge in [-0.15, -0.1) is 0 Å². The smallest absolute Gasteiger partial charge is 0.245 e. The fourth-order valence-corrected chi connectivity index (χ4v) is 7.45. The van der Waals surface area contributed by atoms with Gasteiger partial charge in [-0.3, -0.25) is 9.59 Å². The molecule has 192 valence electrons. The van der Waals surface area contributed by atoms with E-state index < -0.39 is 15.9 Å². The van der Waals surface area contributed by atoms with Gasteiger partial charge in [0.1, 0.15) is 4.90 Å². The molecule has 0 aromatic heterocycles. The van der Waals surface area contributed by atoms with Gasteiger partial charge in [-0.25, -0.2) is 8.42 Å². The molecule has 0 bridgehead atoms. The number of rotatable bonds is 6. The second-order valence-corrected chi connectivity index (χ2v) is 12.0. The number of ether oxygens (including phenoxy) is 2. The molecule has 3 aliphatic rings. The summed E-state index contributed by atoms with van der Waals surface area (Å²) in [6.45, 7) is 3.15. The monoisotopic (exact) mass is 577 g/mol. The standard InChI is InChI=1S/C25H28BrN3O6S/c1-2-23(30)29-9-7-17-11-19(26)12-22(24(17)29)36(32,33)28-8-3-4-18(14-28)25(31)27-13-16-5-6-20-21(10-16)35-15-34-20/h5-6,10-12,18H,2-4,7-9,13-15H2,1H3,(H,27,31)/t18-/m1/s1. The van der Waals surface area contributed by atoms with E-state index in [4.69, 9.17) is 9.47 Å². The predicted molar refractivity (Wildman–Crippen MR) is 136 cm³/mol. The van der Waals surface area contributed by atoms with Crippen LogP contribution >= 0.6 is 15.9 Å². The van der Waals surface area contributed by atoms with Crippen molar-refractivity contribution >= 4 is 43.5 Å². The first-order chi connectivity index (χ1) is 17.3.